The Balaban J connectivity index is 1.96. The van der Waals surface area contributed by atoms with Crippen molar-refractivity contribution < 1.29 is 14.6 Å². The summed E-state index contributed by atoms with van der Waals surface area (Å²) in [6, 6.07) is 7.89. The zero-order valence-corrected chi connectivity index (χ0v) is 11.6. The number of nitrogens with one attached hydrogen (secondary N) is 1. The van der Waals surface area contributed by atoms with Crippen molar-refractivity contribution in [1.82, 2.24) is 4.98 Å². The lowest BCUT2D eigenvalue weighted by Crippen LogP contribution is -2.08. The summed E-state index contributed by atoms with van der Waals surface area (Å²) in [5.74, 6) is 1.71. The van der Waals surface area contributed by atoms with E-state index in [-0.39, 0.29) is 6.61 Å². The van der Waals surface area contributed by atoms with Crippen LogP contribution in [0.3, 0.4) is 0 Å². The van der Waals surface area contributed by atoms with Crippen LogP contribution in [0.15, 0.2) is 30.5 Å². The Hall–Kier alpha value is -1.85. The summed E-state index contributed by atoms with van der Waals surface area (Å²) in [5, 5.41) is 14.1. The maximum atomic E-state index is 8.60. The molecule has 1 aromatic carbocycles. The number of methoxy groups -OCH3 is 1. The van der Waals surface area contributed by atoms with Crippen molar-refractivity contribution in [1.29, 1.82) is 0 Å². The van der Waals surface area contributed by atoms with Crippen LogP contribution in [0.5, 0.6) is 5.75 Å². The second-order valence-electron chi connectivity index (χ2n) is 4.36. The maximum absolute atomic E-state index is 8.60. The van der Waals surface area contributed by atoms with Gasteiger partial charge in [-0.15, -0.1) is 0 Å². The van der Waals surface area contributed by atoms with E-state index in [2.05, 4.69) is 10.3 Å². The maximum Gasteiger partial charge on any atom is 0.133 e. The highest BCUT2D eigenvalue weighted by Crippen LogP contribution is 2.25. The summed E-state index contributed by atoms with van der Waals surface area (Å²) >= 11 is 0. The molecule has 0 fully saturated rings. The first-order valence-electron chi connectivity index (χ1n) is 6.70. The number of aliphatic hydroxyl groups excluding tert-OH is 1. The van der Waals surface area contributed by atoms with E-state index in [1.165, 1.54) is 0 Å². The Bertz CT molecular complexity index is 546. The highest BCUT2D eigenvalue weighted by molar-refractivity contribution is 5.92. The molecule has 2 N–H and O–H groups in total. The summed E-state index contributed by atoms with van der Waals surface area (Å²) in [4.78, 5) is 4.36. The van der Waals surface area contributed by atoms with Gasteiger partial charge < -0.3 is 19.9 Å². The van der Waals surface area contributed by atoms with Crippen LogP contribution in [0.25, 0.3) is 10.8 Å². The zero-order chi connectivity index (χ0) is 14.2. The second kappa shape index (κ2) is 7.67. The van der Waals surface area contributed by atoms with Gasteiger partial charge in [0.1, 0.15) is 11.6 Å². The van der Waals surface area contributed by atoms with E-state index in [0.717, 1.165) is 35.3 Å². The molecule has 0 bridgehead atoms. The van der Waals surface area contributed by atoms with Crippen LogP contribution >= 0.6 is 0 Å². The molecule has 0 amide bonds. The van der Waals surface area contributed by atoms with Gasteiger partial charge in [0.05, 0.1) is 20.3 Å². The van der Waals surface area contributed by atoms with Gasteiger partial charge in [-0.25, -0.2) is 4.98 Å². The summed E-state index contributed by atoms with van der Waals surface area (Å²) in [7, 11) is 1.66. The number of pyridine rings is 1. The zero-order valence-electron chi connectivity index (χ0n) is 11.6. The van der Waals surface area contributed by atoms with Crippen LogP contribution in [-0.4, -0.2) is 43.6 Å². The first kappa shape index (κ1) is 14.6. The van der Waals surface area contributed by atoms with E-state index in [0.29, 0.717) is 13.2 Å². The van der Waals surface area contributed by atoms with Crippen molar-refractivity contribution in [3.8, 4) is 5.75 Å². The molecule has 0 saturated heterocycles. The van der Waals surface area contributed by atoms with E-state index < -0.39 is 0 Å². The van der Waals surface area contributed by atoms with Gasteiger partial charge >= 0.3 is 0 Å². The fraction of sp³-hybridized carbons (Fsp3) is 0.400. The summed E-state index contributed by atoms with van der Waals surface area (Å²) in [6.45, 7) is 1.88. The van der Waals surface area contributed by atoms with Gasteiger partial charge in [0.2, 0.25) is 0 Å². The van der Waals surface area contributed by atoms with Gasteiger partial charge in [0.25, 0.3) is 0 Å². The topological polar surface area (TPSA) is 63.6 Å². The van der Waals surface area contributed by atoms with Crippen molar-refractivity contribution >= 4 is 16.6 Å². The Morgan fingerprint density at radius 3 is 2.95 bits per heavy atom. The minimum absolute atomic E-state index is 0.0696. The molecule has 0 spiro atoms. The molecule has 2 rings (SSSR count). The molecule has 0 unspecified atom stereocenters. The minimum Gasteiger partial charge on any atom is -0.497 e. The average Bonchev–Trinajstić information content (AvgIpc) is 2.50. The summed E-state index contributed by atoms with van der Waals surface area (Å²) < 4.78 is 10.4. The number of anilines is 1. The number of aromatic nitrogens is 1. The van der Waals surface area contributed by atoms with Crippen molar-refractivity contribution in [2.24, 2.45) is 0 Å². The molecular formula is C15H20N2O3. The number of rotatable bonds is 8. The van der Waals surface area contributed by atoms with Gasteiger partial charge in [0, 0.05) is 24.7 Å². The minimum atomic E-state index is 0.0696. The van der Waals surface area contributed by atoms with Crippen LogP contribution in [0.4, 0.5) is 5.82 Å². The number of fused-ring (bicyclic) bond motifs is 1. The van der Waals surface area contributed by atoms with Gasteiger partial charge in [-0.1, -0.05) is 0 Å². The second-order valence-corrected chi connectivity index (χ2v) is 4.36. The van der Waals surface area contributed by atoms with Gasteiger partial charge in [-0.3, -0.25) is 0 Å². The third-order valence-electron chi connectivity index (χ3n) is 2.97. The van der Waals surface area contributed by atoms with Gasteiger partial charge in [-0.2, -0.15) is 0 Å². The molecule has 20 heavy (non-hydrogen) atoms. The lowest BCUT2D eigenvalue weighted by molar-refractivity contribution is 0.0922. The van der Waals surface area contributed by atoms with Crippen LogP contribution < -0.4 is 10.1 Å². The first-order valence-corrected chi connectivity index (χ1v) is 6.70. The SMILES string of the molecule is COc1ccc2c(NCCCOCCO)nccc2c1. The highest BCUT2D eigenvalue weighted by Gasteiger charge is 2.03. The molecule has 0 aliphatic carbocycles. The normalized spacial score (nSPS) is 10.7. The monoisotopic (exact) mass is 276 g/mol. The molecule has 1 aromatic heterocycles. The van der Waals surface area contributed by atoms with E-state index in [9.17, 15) is 0 Å². The van der Waals surface area contributed by atoms with Crippen LogP contribution in [0, 0.1) is 0 Å². The van der Waals surface area contributed by atoms with Crippen molar-refractivity contribution in [2.45, 2.75) is 6.42 Å². The van der Waals surface area contributed by atoms with E-state index >= 15 is 0 Å². The van der Waals surface area contributed by atoms with Gasteiger partial charge in [-0.05, 0) is 36.1 Å². The molecule has 1 heterocycles. The van der Waals surface area contributed by atoms with E-state index in [4.69, 9.17) is 14.6 Å². The molecule has 5 heteroatoms. The van der Waals surface area contributed by atoms with Crippen molar-refractivity contribution in [3.05, 3.63) is 30.5 Å². The quantitative estimate of drug-likeness (QED) is 0.723. The molecule has 0 aliphatic rings. The van der Waals surface area contributed by atoms with E-state index in [1.54, 1.807) is 13.3 Å². The Morgan fingerprint density at radius 2 is 2.15 bits per heavy atom. The number of hydrogen-bond donors (Lipinski definition) is 2. The van der Waals surface area contributed by atoms with Crippen LogP contribution in [0.1, 0.15) is 6.42 Å². The molecule has 108 valence electrons. The largest absolute Gasteiger partial charge is 0.497 e. The Morgan fingerprint density at radius 1 is 1.25 bits per heavy atom. The van der Waals surface area contributed by atoms with Crippen molar-refractivity contribution in [2.75, 3.05) is 38.8 Å². The smallest absolute Gasteiger partial charge is 0.133 e. The molecular weight excluding hydrogens is 256 g/mol. The van der Waals surface area contributed by atoms with Crippen LogP contribution in [0.2, 0.25) is 0 Å². The van der Waals surface area contributed by atoms with Crippen LogP contribution in [-0.2, 0) is 4.74 Å². The number of nitrogens with zero attached hydrogens (tertiary/aromatic N) is 1. The first-order chi connectivity index (χ1) is 9.85. The molecule has 5 nitrogen and oxygen atoms in total. The van der Waals surface area contributed by atoms with Gasteiger partial charge in [0.15, 0.2) is 0 Å². The average molecular weight is 276 g/mol. The molecule has 0 aliphatic heterocycles. The third kappa shape index (κ3) is 3.82. The number of hydrogen-bond acceptors (Lipinski definition) is 5. The molecule has 0 atom stereocenters. The highest BCUT2D eigenvalue weighted by atomic mass is 16.5. The Labute approximate surface area is 118 Å². The van der Waals surface area contributed by atoms with Crippen molar-refractivity contribution in [3.63, 3.8) is 0 Å². The molecule has 0 saturated carbocycles. The number of ether oxygens (including phenoxy) is 2. The standard InChI is InChI=1S/C15H20N2O3/c1-19-13-3-4-14-12(11-13)5-7-17-15(14)16-6-2-9-20-10-8-18/h3-5,7,11,18H,2,6,8-10H2,1H3,(H,16,17). The summed E-state index contributed by atoms with van der Waals surface area (Å²) in [5.41, 5.74) is 0. The third-order valence-corrected chi connectivity index (χ3v) is 2.97. The molecule has 2 aromatic rings. The number of benzene rings is 1. The fourth-order valence-corrected chi connectivity index (χ4v) is 1.97. The summed E-state index contributed by atoms with van der Waals surface area (Å²) in [6.07, 6.45) is 2.65. The fourth-order valence-electron chi connectivity index (χ4n) is 1.97. The molecule has 0 radical (unpaired) electrons. The van der Waals surface area contributed by atoms with E-state index in [1.807, 2.05) is 24.3 Å². The predicted octanol–water partition coefficient (Wildman–Crippen LogP) is 2.05. The Kier molecular flexibility index (Phi) is 5.58. The lowest BCUT2D eigenvalue weighted by Gasteiger charge is -2.09. The number of aliphatic hydroxyl groups is 1. The lowest BCUT2D eigenvalue weighted by atomic mass is 10.1. The predicted molar refractivity (Wildman–Crippen MR) is 79.3 cm³/mol.